The lowest BCUT2D eigenvalue weighted by Gasteiger charge is -2.19. The average Bonchev–Trinajstić information content (AvgIpc) is 3.12. The van der Waals surface area contributed by atoms with Crippen LogP contribution in [0.15, 0.2) is 22.7 Å². The molecule has 1 aliphatic heterocycles. The van der Waals surface area contributed by atoms with Crippen LogP contribution in [0.25, 0.3) is 0 Å². The third-order valence-electron chi connectivity index (χ3n) is 3.63. The number of benzene rings is 1. The van der Waals surface area contributed by atoms with E-state index < -0.39 is 11.6 Å². The molecule has 1 N–H and O–H groups in total. The first kappa shape index (κ1) is 14.9. The van der Waals surface area contributed by atoms with E-state index in [1.165, 1.54) is 6.07 Å². The minimum Gasteiger partial charge on any atom is -0.371 e. The number of nitrogens with zero attached hydrogens (tertiary/aromatic N) is 2. The molecule has 0 aliphatic carbocycles. The highest BCUT2D eigenvalue weighted by Gasteiger charge is 2.31. The Balaban J connectivity index is 1.76. The number of anilines is 1. The Labute approximate surface area is 126 Å². The Morgan fingerprint density at radius 2 is 2.09 bits per heavy atom. The van der Waals surface area contributed by atoms with Crippen LogP contribution in [0.4, 0.5) is 14.8 Å². The molecular formula is C15H17F2N3O2. The van der Waals surface area contributed by atoms with E-state index in [0.717, 1.165) is 12.1 Å². The number of aromatic nitrogens is 2. The van der Waals surface area contributed by atoms with Crippen LogP contribution in [0, 0.1) is 11.6 Å². The first-order chi connectivity index (χ1) is 10.5. The van der Waals surface area contributed by atoms with E-state index in [2.05, 4.69) is 15.5 Å². The van der Waals surface area contributed by atoms with Crippen LogP contribution in [0.5, 0.6) is 0 Å². The molecule has 1 fully saturated rings. The van der Waals surface area contributed by atoms with Gasteiger partial charge in [-0.2, -0.15) is 4.98 Å². The molecule has 1 aliphatic rings. The van der Waals surface area contributed by atoms with Crippen molar-refractivity contribution in [1.82, 2.24) is 10.1 Å². The zero-order valence-electron chi connectivity index (χ0n) is 12.3. The topological polar surface area (TPSA) is 60.2 Å². The van der Waals surface area contributed by atoms with Gasteiger partial charge in [-0.05, 0) is 24.1 Å². The number of nitrogens with one attached hydrogen (secondary N) is 1. The lowest BCUT2D eigenvalue weighted by Crippen LogP contribution is -2.23. The Kier molecular flexibility index (Phi) is 4.06. The van der Waals surface area contributed by atoms with Crippen molar-refractivity contribution in [2.24, 2.45) is 0 Å². The van der Waals surface area contributed by atoms with Crippen LogP contribution in [0.3, 0.4) is 0 Å². The fraction of sp³-hybridized carbons (Fsp3) is 0.467. The Morgan fingerprint density at radius 1 is 1.27 bits per heavy atom. The molecule has 0 saturated carbocycles. The van der Waals surface area contributed by atoms with Gasteiger partial charge in [-0.15, -0.1) is 0 Å². The second-order valence-electron chi connectivity index (χ2n) is 5.62. The Hall–Kier alpha value is -2.02. The Bertz CT molecular complexity index is 660. The molecule has 0 bridgehead atoms. The fourth-order valence-corrected chi connectivity index (χ4v) is 2.44. The molecule has 1 aromatic heterocycles. The molecule has 2 unspecified atom stereocenters. The summed E-state index contributed by atoms with van der Waals surface area (Å²) in [4.78, 5) is 4.25. The third-order valence-corrected chi connectivity index (χ3v) is 3.63. The molecule has 7 heteroatoms. The highest BCUT2D eigenvalue weighted by molar-refractivity contribution is 5.28. The number of rotatable bonds is 4. The van der Waals surface area contributed by atoms with Gasteiger partial charge < -0.3 is 14.6 Å². The normalized spacial score (nSPS) is 21.5. The summed E-state index contributed by atoms with van der Waals surface area (Å²) in [6.07, 6.45) is 0.327. The summed E-state index contributed by atoms with van der Waals surface area (Å²) in [5.74, 6) is -0.969. The molecule has 3 rings (SSSR count). The van der Waals surface area contributed by atoms with Gasteiger partial charge in [-0.1, -0.05) is 25.1 Å². The molecule has 2 atom stereocenters. The number of ether oxygens (including phenoxy) is 1. The average molecular weight is 309 g/mol. The highest BCUT2D eigenvalue weighted by atomic mass is 19.2. The van der Waals surface area contributed by atoms with E-state index in [1.54, 1.807) is 0 Å². The monoisotopic (exact) mass is 309 g/mol. The summed E-state index contributed by atoms with van der Waals surface area (Å²) in [5.41, 5.74) is 0.581. The van der Waals surface area contributed by atoms with Gasteiger partial charge in [-0.25, -0.2) is 8.78 Å². The van der Waals surface area contributed by atoms with E-state index in [0.29, 0.717) is 30.4 Å². The Morgan fingerprint density at radius 3 is 2.77 bits per heavy atom. The van der Waals surface area contributed by atoms with E-state index in [4.69, 9.17) is 9.26 Å². The smallest absolute Gasteiger partial charge is 0.321 e. The van der Waals surface area contributed by atoms with Gasteiger partial charge in [0.15, 0.2) is 17.5 Å². The van der Waals surface area contributed by atoms with Crippen molar-refractivity contribution < 1.29 is 18.0 Å². The summed E-state index contributed by atoms with van der Waals surface area (Å²) in [6.45, 7) is 4.46. The first-order valence-corrected chi connectivity index (χ1v) is 7.21. The van der Waals surface area contributed by atoms with Crippen molar-refractivity contribution >= 4 is 6.01 Å². The van der Waals surface area contributed by atoms with E-state index in [1.807, 2.05) is 13.8 Å². The van der Waals surface area contributed by atoms with E-state index in [9.17, 15) is 8.78 Å². The van der Waals surface area contributed by atoms with Gasteiger partial charge in [0.2, 0.25) is 0 Å². The number of hydrogen-bond acceptors (Lipinski definition) is 5. The van der Waals surface area contributed by atoms with Crippen LogP contribution in [-0.2, 0) is 4.74 Å². The predicted molar refractivity (Wildman–Crippen MR) is 75.5 cm³/mol. The van der Waals surface area contributed by atoms with Crippen LogP contribution < -0.4 is 5.32 Å². The van der Waals surface area contributed by atoms with Crippen LogP contribution in [-0.4, -0.2) is 22.8 Å². The molecule has 5 nitrogen and oxygen atoms in total. The zero-order valence-corrected chi connectivity index (χ0v) is 12.3. The fourth-order valence-electron chi connectivity index (χ4n) is 2.44. The highest BCUT2D eigenvalue weighted by Crippen LogP contribution is 2.32. The molecule has 1 aromatic carbocycles. The third kappa shape index (κ3) is 2.94. The van der Waals surface area contributed by atoms with Crippen LogP contribution >= 0.6 is 0 Å². The van der Waals surface area contributed by atoms with E-state index in [-0.39, 0.29) is 18.1 Å². The van der Waals surface area contributed by atoms with Gasteiger partial charge in [0.1, 0.15) is 6.10 Å². The van der Waals surface area contributed by atoms with Gasteiger partial charge in [-0.3, -0.25) is 0 Å². The number of halogens is 2. The van der Waals surface area contributed by atoms with Crippen molar-refractivity contribution in [3.8, 4) is 0 Å². The van der Waals surface area contributed by atoms with Gasteiger partial charge in [0.05, 0.1) is 6.04 Å². The van der Waals surface area contributed by atoms with E-state index >= 15 is 0 Å². The summed E-state index contributed by atoms with van der Waals surface area (Å²) >= 11 is 0. The minimum absolute atomic E-state index is 0.134. The molecule has 2 heterocycles. The second-order valence-corrected chi connectivity index (χ2v) is 5.62. The predicted octanol–water partition coefficient (Wildman–Crippen LogP) is 3.41. The molecule has 1 saturated heterocycles. The maximum atomic E-state index is 13.4. The van der Waals surface area contributed by atoms with Crippen LogP contribution in [0.2, 0.25) is 0 Å². The van der Waals surface area contributed by atoms with Crippen molar-refractivity contribution in [2.45, 2.75) is 38.3 Å². The molecule has 0 amide bonds. The molecule has 0 radical (unpaired) electrons. The maximum absolute atomic E-state index is 13.4. The van der Waals surface area contributed by atoms with Crippen molar-refractivity contribution in [3.63, 3.8) is 0 Å². The zero-order chi connectivity index (χ0) is 15.7. The second kappa shape index (κ2) is 6.00. The minimum atomic E-state index is -0.883. The molecular weight excluding hydrogens is 292 g/mol. The molecule has 118 valence electrons. The van der Waals surface area contributed by atoms with Crippen LogP contribution in [0.1, 0.15) is 43.7 Å². The molecule has 0 spiro atoms. The maximum Gasteiger partial charge on any atom is 0.321 e. The quantitative estimate of drug-likeness (QED) is 0.938. The summed E-state index contributed by atoms with van der Waals surface area (Å²) < 4.78 is 37.2. The van der Waals surface area contributed by atoms with Gasteiger partial charge >= 0.3 is 6.01 Å². The van der Waals surface area contributed by atoms with Crippen molar-refractivity contribution in [3.05, 3.63) is 41.2 Å². The molecule has 22 heavy (non-hydrogen) atoms. The standard InChI is InChI=1S/C15H17F2N3O2/c1-8(2)14-19-15(22-20-14)18-12-5-6-21-13(12)9-3-4-10(16)11(17)7-9/h3-4,7-8,12-13H,5-6H2,1-2H3,(H,18,19,20). The first-order valence-electron chi connectivity index (χ1n) is 7.21. The SMILES string of the molecule is CC(C)c1noc(NC2CCOC2c2ccc(F)c(F)c2)n1. The summed E-state index contributed by atoms with van der Waals surface area (Å²) in [6, 6.07) is 3.97. The largest absolute Gasteiger partial charge is 0.371 e. The van der Waals surface area contributed by atoms with Crippen molar-refractivity contribution in [2.75, 3.05) is 11.9 Å². The number of hydrogen-bond donors (Lipinski definition) is 1. The molecule has 2 aromatic rings. The lowest BCUT2D eigenvalue weighted by atomic mass is 10.0. The van der Waals surface area contributed by atoms with Crippen molar-refractivity contribution in [1.29, 1.82) is 0 Å². The van der Waals surface area contributed by atoms with Gasteiger partial charge in [0, 0.05) is 12.5 Å². The van der Waals surface area contributed by atoms with Gasteiger partial charge in [0.25, 0.3) is 0 Å². The summed E-state index contributed by atoms with van der Waals surface area (Å²) in [5, 5.41) is 7.00. The lowest BCUT2D eigenvalue weighted by molar-refractivity contribution is 0.107. The summed E-state index contributed by atoms with van der Waals surface area (Å²) in [7, 11) is 0.